The molecule has 144 valence electrons. The maximum absolute atomic E-state index is 12.3. The summed E-state index contributed by atoms with van der Waals surface area (Å²) in [6.07, 6.45) is 3.51. The number of hydrogen-bond donors (Lipinski definition) is 0. The van der Waals surface area contributed by atoms with Crippen LogP contribution >= 0.6 is 11.6 Å². The molecule has 0 radical (unpaired) electrons. The van der Waals surface area contributed by atoms with Gasteiger partial charge < -0.3 is 9.47 Å². The topological polar surface area (TPSA) is 54.3 Å². The highest BCUT2D eigenvalue weighted by Crippen LogP contribution is 2.36. The summed E-state index contributed by atoms with van der Waals surface area (Å²) < 4.78 is 2.02. The van der Waals surface area contributed by atoms with Gasteiger partial charge in [-0.3, -0.25) is 4.90 Å². The molecule has 3 heterocycles. The number of fused-ring (bicyclic) bond motifs is 1. The molecule has 2 amide bonds. The normalized spacial score (nSPS) is 14.2. The van der Waals surface area contributed by atoms with Crippen molar-refractivity contribution in [3.05, 3.63) is 72.3 Å². The molecule has 7 heteroatoms. The average Bonchev–Trinajstić information content (AvgIpc) is 3.31. The van der Waals surface area contributed by atoms with Crippen molar-refractivity contribution in [1.82, 2.24) is 19.4 Å². The number of urea groups is 1. The molecule has 2 aromatic heterocycles. The van der Waals surface area contributed by atoms with Gasteiger partial charge in [0.2, 0.25) is 0 Å². The summed E-state index contributed by atoms with van der Waals surface area (Å²) in [4.78, 5) is 24.4. The third-order valence-electron chi connectivity index (χ3n) is 5.28. The fourth-order valence-corrected chi connectivity index (χ4v) is 3.97. The van der Waals surface area contributed by atoms with E-state index in [0.717, 1.165) is 40.1 Å². The molecule has 0 unspecified atom stereocenters. The zero-order valence-electron chi connectivity index (χ0n) is 15.8. The first-order valence-corrected chi connectivity index (χ1v) is 9.71. The maximum atomic E-state index is 12.3. The minimum atomic E-state index is 0.0230. The van der Waals surface area contributed by atoms with E-state index in [-0.39, 0.29) is 6.03 Å². The molecule has 0 bridgehead atoms. The van der Waals surface area contributed by atoms with Crippen molar-refractivity contribution in [2.75, 3.05) is 25.0 Å². The number of carbonyl (C=O) groups is 1. The summed E-state index contributed by atoms with van der Waals surface area (Å²) >= 11 is 6.46. The first kappa shape index (κ1) is 17.7. The van der Waals surface area contributed by atoms with Gasteiger partial charge >= 0.3 is 6.03 Å². The number of nitrogens with zero attached hydrogens (tertiary/aromatic N) is 5. The van der Waals surface area contributed by atoms with Crippen LogP contribution in [0, 0.1) is 0 Å². The summed E-state index contributed by atoms with van der Waals surface area (Å²) in [7, 11) is 1.82. The lowest BCUT2D eigenvalue weighted by Crippen LogP contribution is -2.29. The van der Waals surface area contributed by atoms with Crippen molar-refractivity contribution in [1.29, 1.82) is 0 Å². The number of amides is 2. The minimum Gasteiger partial charge on any atom is -0.326 e. The first-order chi connectivity index (χ1) is 14.1. The monoisotopic (exact) mass is 403 g/mol. The van der Waals surface area contributed by atoms with E-state index >= 15 is 0 Å². The molecule has 2 aromatic carbocycles. The van der Waals surface area contributed by atoms with Gasteiger partial charge in [0.15, 0.2) is 0 Å². The first-order valence-electron chi connectivity index (χ1n) is 9.33. The highest BCUT2D eigenvalue weighted by Gasteiger charge is 2.26. The molecule has 0 atom stereocenters. The molecule has 1 fully saturated rings. The number of para-hydroxylation sites is 1. The lowest BCUT2D eigenvalue weighted by molar-refractivity contribution is 0.229. The Kier molecular flexibility index (Phi) is 4.21. The fourth-order valence-electron chi connectivity index (χ4n) is 3.74. The van der Waals surface area contributed by atoms with E-state index in [4.69, 9.17) is 11.6 Å². The number of rotatable bonds is 3. The Morgan fingerprint density at radius 2 is 1.69 bits per heavy atom. The summed E-state index contributed by atoms with van der Waals surface area (Å²) in [5.74, 6) is 0. The Labute approximate surface area is 173 Å². The number of halogens is 1. The Morgan fingerprint density at radius 3 is 2.38 bits per heavy atom. The molecular formula is C22H18ClN5O. The third-order valence-corrected chi connectivity index (χ3v) is 5.56. The van der Waals surface area contributed by atoms with Crippen molar-refractivity contribution in [2.24, 2.45) is 0 Å². The van der Waals surface area contributed by atoms with E-state index in [1.165, 1.54) is 6.33 Å². The third kappa shape index (κ3) is 2.93. The second-order valence-electron chi connectivity index (χ2n) is 7.01. The molecule has 1 aliphatic heterocycles. The van der Waals surface area contributed by atoms with Crippen LogP contribution in [0.4, 0.5) is 10.5 Å². The average molecular weight is 404 g/mol. The largest absolute Gasteiger partial charge is 0.326 e. The number of likely N-dealkylation sites (N-methyl/N-ethyl adjacent to an activating group) is 1. The predicted molar refractivity (Wildman–Crippen MR) is 115 cm³/mol. The zero-order chi connectivity index (χ0) is 20.0. The van der Waals surface area contributed by atoms with Crippen LogP contribution in [0.25, 0.3) is 27.8 Å². The standard InChI is InChI=1S/C22H18ClN5O/c1-26-11-12-27(22(26)29)17-9-7-15(8-10-17)18-13-28(16-5-3-2-4-6-16)21-19(18)20(23)24-14-25-21/h2-10,13-14H,11-12H2,1H3. The van der Waals surface area contributed by atoms with E-state index in [1.54, 1.807) is 9.80 Å². The maximum Gasteiger partial charge on any atom is 0.324 e. The SMILES string of the molecule is CN1CCN(c2ccc(-c3cn(-c4ccccc4)c4ncnc(Cl)c34)cc2)C1=O. The molecule has 5 rings (SSSR count). The summed E-state index contributed by atoms with van der Waals surface area (Å²) in [6.45, 7) is 1.43. The van der Waals surface area contributed by atoms with Gasteiger partial charge in [-0.05, 0) is 29.8 Å². The van der Waals surface area contributed by atoms with Gasteiger partial charge in [0.1, 0.15) is 17.1 Å². The van der Waals surface area contributed by atoms with Gasteiger partial charge in [-0.15, -0.1) is 0 Å². The molecule has 0 N–H and O–H groups in total. The van der Waals surface area contributed by atoms with E-state index in [2.05, 4.69) is 9.97 Å². The van der Waals surface area contributed by atoms with Crippen LogP contribution in [-0.2, 0) is 0 Å². The second kappa shape index (κ2) is 6.90. The molecule has 0 saturated carbocycles. The van der Waals surface area contributed by atoms with E-state index < -0.39 is 0 Å². The zero-order valence-corrected chi connectivity index (χ0v) is 16.5. The molecular weight excluding hydrogens is 386 g/mol. The molecule has 1 aliphatic rings. The molecule has 1 saturated heterocycles. The van der Waals surface area contributed by atoms with Gasteiger partial charge in [-0.2, -0.15) is 0 Å². The van der Waals surface area contributed by atoms with Crippen LogP contribution in [0.15, 0.2) is 67.1 Å². The molecule has 0 aliphatic carbocycles. The number of hydrogen-bond acceptors (Lipinski definition) is 3. The van der Waals surface area contributed by atoms with E-state index in [0.29, 0.717) is 11.7 Å². The molecule has 6 nitrogen and oxygen atoms in total. The minimum absolute atomic E-state index is 0.0230. The molecule has 29 heavy (non-hydrogen) atoms. The predicted octanol–water partition coefficient (Wildman–Crippen LogP) is 4.61. The van der Waals surface area contributed by atoms with Crippen molar-refractivity contribution in [3.63, 3.8) is 0 Å². The van der Waals surface area contributed by atoms with Crippen molar-refractivity contribution >= 4 is 34.4 Å². The van der Waals surface area contributed by atoms with Crippen molar-refractivity contribution in [3.8, 4) is 16.8 Å². The van der Waals surface area contributed by atoms with Gasteiger partial charge in [0.25, 0.3) is 0 Å². The highest BCUT2D eigenvalue weighted by molar-refractivity contribution is 6.35. The summed E-state index contributed by atoms with van der Waals surface area (Å²) in [5.41, 5.74) is 4.58. The van der Waals surface area contributed by atoms with Crippen LogP contribution in [0.5, 0.6) is 0 Å². The highest BCUT2D eigenvalue weighted by atomic mass is 35.5. The van der Waals surface area contributed by atoms with Gasteiger partial charge in [-0.1, -0.05) is 41.9 Å². The Hall–Kier alpha value is -3.38. The lowest BCUT2D eigenvalue weighted by Gasteiger charge is -2.16. The summed E-state index contributed by atoms with van der Waals surface area (Å²) in [6, 6.07) is 18.0. The van der Waals surface area contributed by atoms with E-state index in [9.17, 15) is 4.79 Å². The van der Waals surface area contributed by atoms with Crippen LogP contribution in [-0.4, -0.2) is 45.6 Å². The lowest BCUT2D eigenvalue weighted by atomic mass is 10.1. The Balaban J connectivity index is 1.61. The molecule has 0 spiro atoms. The Bertz CT molecular complexity index is 1200. The van der Waals surface area contributed by atoms with Crippen molar-refractivity contribution in [2.45, 2.75) is 0 Å². The Morgan fingerprint density at radius 1 is 0.931 bits per heavy atom. The summed E-state index contributed by atoms with van der Waals surface area (Å²) in [5, 5.41) is 1.22. The van der Waals surface area contributed by atoms with E-state index in [1.807, 2.05) is 72.4 Å². The van der Waals surface area contributed by atoms with Gasteiger partial charge in [0.05, 0.1) is 5.39 Å². The van der Waals surface area contributed by atoms with Crippen LogP contribution in [0.3, 0.4) is 0 Å². The molecule has 4 aromatic rings. The smallest absolute Gasteiger partial charge is 0.324 e. The van der Waals surface area contributed by atoms with Crippen LogP contribution in [0.2, 0.25) is 5.15 Å². The number of carbonyl (C=O) groups excluding carboxylic acids is 1. The number of anilines is 1. The van der Waals surface area contributed by atoms with Gasteiger partial charge in [-0.25, -0.2) is 14.8 Å². The quantitative estimate of drug-likeness (QED) is 0.469. The van der Waals surface area contributed by atoms with Gasteiger partial charge in [0, 0.05) is 43.3 Å². The van der Waals surface area contributed by atoms with Crippen LogP contribution in [0.1, 0.15) is 0 Å². The van der Waals surface area contributed by atoms with Crippen LogP contribution < -0.4 is 4.90 Å². The number of benzene rings is 2. The van der Waals surface area contributed by atoms with Crippen molar-refractivity contribution < 1.29 is 4.79 Å². The number of aromatic nitrogens is 3. The second-order valence-corrected chi connectivity index (χ2v) is 7.37. The fraction of sp³-hybridized carbons (Fsp3) is 0.136.